The van der Waals surface area contributed by atoms with Crippen molar-refractivity contribution in [2.24, 2.45) is 0 Å². The SMILES string of the molecule is CCN1c2ccc(NC(C)=O)cc2SC1/C=C/c1ccc(NC)cc1. The highest BCUT2D eigenvalue weighted by atomic mass is 32.2. The normalized spacial score (nSPS) is 16.1. The second-order valence-electron chi connectivity index (χ2n) is 5.89. The summed E-state index contributed by atoms with van der Waals surface area (Å²) in [6.45, 7) is 4.64. The van der Waals surface area contributed by atoms with Gasteiger partial charge in [0.1, 0.15) is 0 Å². The Morgan fingerprint density at radius 3 is 2.56 bits per heavy atom. The maximum Gasteiger partial charge on any atom is 0.221 e. The van der Waals surface area contributed by atoms with Gasteiger partial charge in [0.15, 0.2) is 0 Å². The van der Waals surface area contributed by atoms with Crippen molar-refractivity contribution in [3.8, 4) is 0 Å². The minimum absolute atomic E-state index is 0.0447. The number of amides is 1. The lowest BCUT2D eigenvalue weighted by Crippen LogP contribution is -2.27. The van der Waals surface area contributed by atoms with Crippen LogP contribution in [0.25, 0.3) is 6.08 Å². The first kappa shape index (κ1) is 17.4. The van der Waals surface area contributed by atoms with Gasteiger partial charge in [0.25, 0.3) is 0 Å². The van der Waals surface area contributed by atoms with E-state index in [0.29, 0.717) is 0 Å². The first-order chi connectivity index (χ1) is 12.1. The average Bonchev–Trinajstić information content (AvgIpc) is 2.96. The molecule has 0 saturated carbocycles. The number of fused-ring (bicyclic) bond motifs is 1. The molecule has 25 heavy (non-hydrogen) atoms. The zero-order valence-corrected chi connectivity index (χ0v) is 15.6. The molecule has 4 nitrogen and oxygen atoms in total. The molecule has 0 fully saturated rings. The maximum absolute atomic E-state index is 11.3. The lowest BCUT2D eigenvalue weighted by atomic mass is 10.2. The summed E-state index contributed by atoms with van der Waals surface area (Å²) in [5, 5.41) is 6.25. The number of nitrogens with zero attached hydrogens (tertiary/aromatic N) is 1. The van der Waals surface area contributed by atoms with Crippen LogP contribution in [0.4, 0.5) is 17.1 Å². The number of hydrogen-bond acceptors (Lipinski definition) is 4. The van der Waals surface area contributed by atoms with Crippen molar-refractivity contribution in [3.05, 3.63) is 54.1 Å². The molecule has 0 aliphatic carbocycles. The number of carbonyl (C=O) groups is 1. The molecule has 2 aromatic rings. The molecule has 1 unspecified atom stereocenters. The molecule has 1 aliphatic heterocycles. The molecule has 2 N–H and O–H groups in total. The Morgan fingerprint density at radius 1 is 1.20 bits per heavy atom. The van der Waals surface area contributed by atoms with Gasteiger partial charge in [-0.25, -0.2) is 0 Å². The number of hydrogen-bond donors (Lipinski definition) is 2. The van der Waals surface area contributed by atoms with E-state index >= 15 is 0 Å². The van der Waals surface area contributed by atoms with Crippen LogP contribution in [0, 0.1) is 0 Å². The Bertz CT molecular complexity index is 786. The van der Waals surface area contributed by atoms with Gasteiger partial charge in [0, 0.05) is 36.8 Å². The molecule has 2 aromatic carbocycles. The van der Waals surface area contributed by atoms with E-state index in [2.05, 4.69) is 71.0 Å². The van der Waals surface area contributed by atoms with Crippen LogP contribution in [0.5, 0.6) is 0 Å². The highest BCUT2D eigenvalue weighted by Crippen LogP contribution is 2.45. The van der Waals surface area contributed by atoms with Crippen molar-refractivity contribution in [2.75, 3.05) is 29.1 Å². The quantitative estimate of drug-likeness (QED) is 0.821. The number of nitrogens with one attached hydrogen (secondary N) is 2. The number of likely N-dealkylation sites (N-methyl/N-ethyl adjacent to an activating group) is 1. The molecule has 0 saturated heterocycles. The Hall–Kier alpha value is -2.40. The second-order valence-corrected chi connectivity index (χ2v) is 7.05. The summed E-state index contributed by atoms with van der Waals surface area (Å²) in [7, 11) is 1.92. The predicted molar refractivity (Wildman–Crippen MR) is 108 cm³/mol. The molecule has 1 atom stereocenters. The standard InChI is InChI=1S/C20H23N3OS/c1-4-23-18-11-10-17(22-14(2)24)13-19(18)25-20(23)12-7-15-5-8-16(21-3)9-6-15/h5-13,20-21H,4H2,1-3H3,(H,22,24)/b12-7+. The van der Waals surface area contributed by atoms with Crippen LogP contribution < -0.4 is 15.5 Å². The lowest BCUT2D eigenvalue weighted by molar-refractivity contribution is -0.114. The van der Waals surface area contributed by atoms with Crippen LogP contribution in [0.3, 0.4) is 0 Å². The summed E-state index contributed by atoms with van der Waals surface area (Å²) in [5.41, 5.74) is 4.37. The third kappa shape index (κ3) is 3.99. The van der Waals surface area contributed by atoms with Crippen LogP contribution in [0.2, 0.25) is 0 Å². The molecule has 0 aromatic heterocycles. The van der Waals surface area contributed by atoms with Crippen LogP contribution >= 0.6 is 11.8 Å². The Labute approximate surface area is 153 Å². The number of rotatable bonds is 5. The minimum Gasteiger partial charge on any atom is -0.388 e. The van der Waals surface area contributed by atoms with E-state index in [0.717, 1.165) is 17.9 Å². The average molecular weight is 353 g/mol. The van der Waals surface area contributed by atoms with Crippen molar-refractivity contribution in [1.82, 2.24) is 0 Å². The molecule has 1 aliphatic rings. The second kappa shape index (κ2) is 7.66. The summed E-state index contributed by atoms with van der Waals surface area (Å²) in [4.78, 5) is 14.8. The Kier molecular flexibility index (Phi) is 5.34. The molecule has 1 heterocycles. The fourth-order valence-electron chi connectivity index (χ4n) is 2.91. The molecule has 0 bridgehead atoms. The van der Waals surface area contributed by atoms with E-state index in [1.165, 1.54) is 23.1 Å². The molecule has 5 heteroatoms. The number of anilines is 3. The largest absolute Gasteiger partial charge is 0.388 e. The smallest absolute Gasteiger partial charge is 0.221 e. The number of carbonyl (C=O) groups excluding carboxylic acids is 1. The van der Waals surface area contributed by atoms with E-state index in [1.807, 2.05) is 24.9 Å². The number of benzene rings is 2. The maximum atomic E-state index is 11.3. The van der Waals surface area contributed by atoms with E-state index in [1.54, 1.807) is 0 Å². The third-order valence-electron chi connectivity index (χ3n) is 4.14. The first-order valence-corrected chi connectivity index (χ1v) is 9.29. The predicted octanol–water partition coefficient (Wildman–Crippen LogP) is 4.66. The summed E-state index contributed by atoms with van der Waals surface area (Å²) < 4.78 is 0. The van der Waals surface area contributed by atoms with Crippen molar-refractivity contribution in [1.29, 1.82) is 0 Å². The van der Waals surface area contributed by atoms with Gasteiger partial charge in [-0.2, -0.15) is 0 Å². The van der Waals surface area contributed by atoms with Gasteiger partial charge in [-0.15, -0.1) is 0 Å². The minimum atomic E-state index is -0.0447. The van der Waals surface area contributed by atoms with Gasteiger partial charge < -0.3 is 15.5 Å². The van der Waals surface area contributed by atoms with Gasteiger partial charge in [0.05, 0.1) is 11.1 Å². The van der Waals surface area contributed by atoms with E-state index in [-0.39, 0.29) is 11.3 Å². The van der Waals surface area contributed by atoms with E-state index in [4.69, 9.17) is 0 Å². The van der Waals surface area contributed by atoms with Crippen molar-refractivity contribution in [3.63, 3.8) is 0 Å². The van der Waals surface area contributed by atoms with Gasteiger partial charge in [-0.3, -0.25) is 4.79 Å². The molecular weight excluding hydrogens is 330 g/mol. The van der Waals surface area contributed by atoms with Gasteiger partial charge in [-0.05, 0) is 42.8 Å². The van der Waals surface area contributed by atoms with Gasteiger partial charge in [0.2, 0.25) is 5.91 Å². The molecule has 1 amide bonds. The van der Waals surface area contributed by atoms with Crippen LogP contribution in [-0.2, 0) is 4.79 Å². The zero-order chi connectivity index (χ0) is 17.8. The monoisotopic (exact) mass is 353 g/mol. The summed E-state index contributed by atoms with van der Waals surface area (Å²) in [5.74, 6) is -0.0447. The zero-order valence-electron chi connectivity index (χ0n) is 14.7. The molecule has 0 radical (unpaired) electrons. The topological polar surface area (TPSA) is 44.4 Å². The van der Waals surface area contributed by atoms with Crippen LogP contribution in [0.1, 0.15) is 19.4 Å². The highest BCUT2D eigenvalue weighted by molar-refractivity contribution is 8.00. The highest BCUT2D eigenvalue weighted by Gasteiger charge is 2.27. The van der Waals surface area contributed by atoms with E-state index in [9.17, 15) is 4.79 Å². The fraction of sp³-hybridized carbons (Fsp3) is 0.250. The van der Waals surface area contributed by atoms with Crippen molar-refractivity contribution < 1.29 is 4.79 Å². The van der Waals surface area contributed by atoms with Crippen LogP contribution in [-0.4, -0.2) is 24.9 Å². The third-order valence-corrected chi connectivity index (χ3v) is 5.37. The Balaban J connectivity index is 1.77. The van der Waals surface area contributed by atoms with Crippen LogP contribution in [0.15, 0.2) is 53.4 Å². The molecular formula is C20H23N3OS. The van der Waals surface area contributed by atoms with Gasteiger partial charge >= 0.3 is 0 Å². The summed E-state index contributed by atoms with van der Waals surface area (Å²) in [6, 6.07) is 14.5. The first-order valence-electron chi connectivity index (χ1n) is 8.41. The number of thioether (sulfide) groups is 1. The summed E-state index contributed by atoms with van der Waals surface area (Å²) in [6.07, 6.45) is 4.40. The molecule has 130 valence electrons. The fourth-order valence-corrected chi connectivity index (χ4v) is 4.21. The van der Waals surface area contributed by atoms with Crippen molar-refractivity contribution in [2.45, 2.75) is 24.1 Å². The lowest BCUT2D eigenvalue weighted by Gasteiger charge is -2.22. The van der Waals surface area contributed by atoms with Crippen molar-refractivity contribution >= 4 is 40.8 Å². The Morgan fingerprint density at radius 2 is 1.92 bits per heavy atom. The molecule has 3 rings (SSSR count). The van der Waals surface area contributed by atoms with Gasteiger partial charge in [-0.1, -0.05) is 36.0 Å². The van der Waals surface area contributed by atoms with E-state index < -0.39 is 0 Å². The molecule has 0 spiro atoms. The summed E-state index contributed by atoms with van der Waals surface area (Å²) >= 11 is 1.81.